The minimum atomic E-state index is 0.786. The number of fused-ring (bicyclic) bond motifs is 1. The van der Waals surface area contributed by atoms with Crippen LogP contribution in [0.2, 0.25) is 0 Å². The van der Waals surface area contributed by atoms with Crippen LogP contribution < -0.4 is 0 Å². The zero-order valence-electron chi connectivity index (χ0n) is 12.8. The molecule has 0 N–H and O–H groups in total. The molecule has 116 valence electrons. The van der Waals surface area contributed by atoms with E-state index in [-0.39, 0.29) is 0 Å². The van der Waals surface area contributed by atoms with Crippen LogP contribution in [-0.4, -0.2) is 24.1 Å². The molecule has 1 aromatic carbocycles. The average Bonchev–Trinajstić information content (AvgIpc) is 3.21. The van der Waals surface area contributed by atoms with Crippen LogP contribution in [0.4, 0.5) is 0 Å². The molecule has 0 aliphatic rings. The Morgan fingerprint density at radius 2 is 2.09 bits per heavy atom. The molecule has 0 aliphatic heterocycles. The molecule has 4 rings (SSSR count). The van der Waals surface area contributed by atoms with Gasteiger partial charge < -0.3 is 4.57 Å². The zero-order valence-corrected chi connectivity index (χ0v) is 14.4. The van der Waals surface area contributed by atoms with Gasteiger partial charge >= 0.3 is 0 Å². The average molecular weight is 341 g/mol. The van der Waals surface area contributed by atoms with Crippen LogP contribution in [0.1, 0.15) is 11.3 Å². The molecular weight excluding hydrogens is 326 g/mol. The summed E-state index contributed by atoms with van der Waals surface area (Å²) >= 11 is 3.30. The van der Waals surface area contributed by atoms with Gasteiger partial charge in [-0.1, -0.05) is 36.0 Å². The van der Waals surface area contributed by atoms with Gasteiger partial charge in [0.25, 0.3) is 0 Å². The number of thioether (sulfide) groups is 1. The van der Waals surface area contributed by atoms with Gasteiger partial charge in [0.1, 0.15) is 0 Å². The Morgan fingerprint density at radius 3 is 2.91 bits per heavy atom. The molecule has 0 aliphatic carbocycles. The van der Waals surface area contributed by atoms with Crippen LogP contribution in [0.3, 0.4) is 0 Å². The van der Waals surface area contributed by atoms with Crippen molar-refractivity contribution in [3.63, 3.8) is 0 Å². The lowest BCUT2D eigenvalue weighted by molar-refractivity contribution is 0.793. The fourth-order valence-corrected chi connectivity index (χ4v) is 4.00. The van der Waals surface area contributed by atoms with Gasteiger partial charge in [-0.15, -0.1) is 21.5 Å². The standard InChI is InChI=1S/C16H15N5S2/c1-11-5-3-4-6-13(11)14-18-19-16(20(14)2)23-10-12-9-21-7-8-22-15(21)17-12/h3-9H,10H2,1-2H3. The van der Waals surface area contributed by atoms with E-state index in [0.29, 0.717) is 0 Å². The molecule has 23 heavy (non-hydrogen) atoms. The first-order valence-electron chi connectivity index (χ1n) is 7.21. The number of hydrogen-bond acceptors (Lipinski definition) is 5. The summed E-state index contributed by atoms with van der Waals surface area (Å²) in [6, 6.07) is 8.24. The highest BCUT2D eigenvalue weighted by Crippen LogP contribution is 2.27. The summed E-state index contributed by atoms with van der Waals surface area (Å²) in [7, 11) is 2.01. The van der Waals surface area contributed by atoms with Crippen LogP contribution in [-0.2, 0) is 12.8 Å². The maximum atomic E-state index is 4.60. The number of thiazole rings is 1. The van der Waals surface area contributed by atoms with E-state index in [2.05, 4.69) is 44.8 Å². The highest BCUT2D eigenvalue weighted by molar-refractivity contribution is 7.98. The Balaban J connectivity index is 1.56. The highest BCUT2D eigenvalue weighted by Gasteiger charge is 2.13. The summed E-state index contributed by atoms with van der Waals surface area (Å²) in [5.41, 5.74) is 3.38. The highest BCUT2D eigenvalue weighted by atomic mass is 32.2. The second kappa shape index (κ2) is 5.82. The molecule has 3 heterocycles. The van der Waals surface area contributed by atoms with Crippen molar-refractivity contribution in [1.82, 2.24) is 24.1 Å². The molecule has 7 heteroatoms. The number of aromatic nitrogens is 5. The van der Waals surface area contributed by atoms with Gasteiger partial charge in [-0.3, -0.25) is 4.40 Å². The quantitative estimate of drug-likeness (QED) is 0.530. The normalized spacial score (nSPS) is 11.4. The van der Waals surface area contributed by atoms with Crippen LogP contribution in [0.5, 0.6) is 0 Å². The molecule has 3 aromatic heterocycles. The van der Waals surface area contributed by atoms with E-state index in [1.165, 1.54) is 5.56 Å². The van der Waals surface area contributed by atoms with Crippen molar-refractivity contribution in [3.05, 3.63) is 53.3 Å². The number of nitrogens with zero attached hydrogens (tertiary/aromatic N) is 5. The summed E-state index contributed by atoms with van der Waals surface area (Å²) in [5, 5.41) is 11.6. The second-order valence-corrected chi connectivity index (χ2v) is 7.11. The fourth-order valence-electron chi connectivity index (χ4n) is 2.48. The number of hydrogen-bond donors (Lipinski definition) is 0. The number of benzene rings is 1. The summed E-state index contributed by atoms with van der Waals surface area (Å²) < 4.78 is 4.10. The minimum absolute atomic E-state index is 0.786. The van der Waals surface area contributed by atoms with Gasteiger partial charge in [0.15, 0.2) is 15.9 Å². The first kappa shape index (κ1) is 14.5. The summed E-state index contributed by atoms with van der Waals surface area (Å²) in [4.78, 5) is 5.63. The third-order valence-corrected chi connectivity index (χ3v) is 5.54. The zero-order chi connectivity index (χ0) is 15.8. The molecule has 0 unspecified atom stereocenters. The molecule has 0 bridgehead atoms. The van der Waals surface area contributed by atoms with E-state index >= 15 is 0 Å². The van der Waals surface area contributed by atoms with E-state index in [1.54, 1.807) is 23.1 Å². The molecule has 0 atom stereocenters. The van der Waals surface area contributed by atoms with Crippen molar-refractivity contribution in [3.8, 4) is 11.4 Å². The van der Waals surface area contributed by atoms with Gasteiger partial charge in [-0.05, 0) is 12.5 Å². The van der Waals surface area contributed by atoms with Gasteiger partial charge in [-0.2, -0.15) is 0 Å². The van der Waals surface area contributed by atoms with E-state index in [0.717, 1.165) is 33.0 Å². The molecule has 0 saturated carbocycles. The third kappa shape index (κ3) is 2.66. The van der Waals surface area contributed by atoms with Crippen molar-refractivity contribution in [1.29, 1.82) is 0 Å². The fraction of sp³-hybridized carbons (Fsp3) is 0.188. The summed E-state index contributed by atoms with van der Waals surface area (Å²) in [6.45, 7) is 2.09. The Hall–Kier alpha value is -2.12. The van der Waals surface area contributed by atoms with E-state index in [9.17, 15) is 0 Å². The molecule has 0 fully saturated rings. The number of aryl methyl sites for hydroxylation is 1. The van der Waals surface area contributed by atoms with E-state index in [4.69, 9.17) is 0 Å². The Bertz CT molecular complexity index is 937. The maximum Gasteiger partial charge on any atom is 0.193 e. The Labute approximate surface area is 142 Å². The Morgan fingerprint density at radius 1 is 1.22 bits per heavy atom. The summed E-state index contributed by atoms with van der Waals surface area (Å²) in [5.74, 6) is 1.69. The summed E-state index contributed by atoms with van der Waals surface area (Å²) in [6.07, 6.45) is 4.09. The molecule has 0 spiro atoms. The number of imidazole rings is 1. The molecule has 4 aromatic rings. The van der Waals surface area contributed by atoms with Crippen molar-refractivity contribution in [2.75, 3.05) is 0 Å². The van der Waals surface area contributed by atoms with Crippen LogP contribution >= 0.6 is 23.1 Å². The molecule has 0 amide bonds. The lowest BCUT2D eigenvalue weighted by Crippen LogP contribution is -1.96. The van der Waals surface area contributed by atoms with Gasteiger partial charge in [0.2, 0.25) is 0 Å². The van der Waals surface area contributed by atoms with E-state index in [1.807, 2.05) is 35.3 Å². The predicted molar refractivity (Wildman–Crippen MR) is 93.8 cm³/mol. The first-order chi connectivity index (χ1) is 11.2. The molecular formula is C16H15N5S2. The third-order valence-electron chi connectivity index (χ3n) is 3.71. The molecule has 0 radical (unpaired) electrons. The Kier molecular flexibility index (Phi) is 3.66. The monoisotopic (exact) mass is 341 g/mol. The van der Waals surface area contributed by atoms with Crippen LogP contribution in [0.15, 0.2) is 47.2 Å². The SMILES string of the molecule is Cc1ccccc1-c1nnc(SCc2cn3ccsc3n2)n1C. The van der Waals surface area contributed by atoms with Crippen molar-refractivity contribution >= 4 is 28.1 Å². The van der Waals surface area contributed by atoms with Crippen molar-refractivity contribution < 1.29 is 0 Å². The maximum absolute atomic E-state index is 4.60. The smallest absolute Gasteiger partial charge is 0.193 e. The van der Waals surface area contributed by atoms with Gasteiger partial charge in [-0.25, -0.2) is 4.98 Å². The molecule has 0 saturated heterocycles. The predicted octanol–water partition coefficient (Wildman–Crippen LogP) is 3.79. The largest absolute Gasteiger partial charge is 0.305 e. The lowest BCUT2D eigenvalue weighted by Gasteiger charge is -2.05. The van der Waals surface area contributed by atoms with E-state index < -0.39 is 0 Å². The molecule has 5 nitrogen and oxygen atoms in total. The second-order valence-electron chi connectivity index (χ2n) is 5.29. The topological polar surface area (TPSA) is 48.0 Å². The lowest BCUT2D eigenvalue weighted by atomic mass is 10.1. The van der Waals surface area contributed by atoms with Crippen molar-refractivity contribution in [2.24, 2.45) is 7.05 Å². The number of rotatable bonds is 4. The van der Waals surface area contributed by atoms with Crippen molar-refractivity contribution in [2.45, 2.75) is 17.8 Å². The minimum Gasteiger partial charge on any atom is -0.305 e. The van der Waals surface area contributed by atoms with Crippen LogP contribution in [0.25, 0.3) is 16.3 Å². The van der Waals surface area contributed by atoms with Gasteiger partial charge in [0, 0.05) is 36.1 Å². The van der Waals surface area contributed by atoms with Crippen LogP contribution in [0, 0.1) is 6.92 Å². The van der Waals surface area contributed by atoms with Gasteiger partial charge in [0.05, 0.1) is 5.69 Å². The first-order valence-corrected chi connectivity index (χ1v) is 9.08.